The molecule has 3 heterocycles. The lowest BCUT2D eigenvalue weighted by Gasteiger charge is -2.39. The lowest BCUT2D eigenvalue weighted by molar-refractivity contribution is 0.00223. The van der Waals surface area contributed by atoms with Crippen molar-refractivity contribution in [3.05, 3.63) is 11.9 Å². The standard InChI is InChI=1S/C15H25N5O2/c1-15(2,3)22-14(21)20-11-4-5-12(20)7-13(6-11)19-9-10(8-16)17-18-19/h9,11-13H,4-8,16H2,1-3H3/t11-,12-/m1/s1. The molecule has 22 heavy (non-hydrogen) atoms. The van der Waals surface area contributed by atoms with E-state index in [1.54, 1.807) is 0 Å². The second kappa shape index (κ2) is 5.53. The number of nitrogens with two attached hydrogens (primary N) is 1. The molecule has 122 valence electrons. The van der Waals surface area contributed by atoms with E-state index in [4.69, 9.17) is 10.5 Å². The van der Waals surface area contributed by atoms with Crippen molar-refractivity contribution in [2.24, 2.45) is 5.73 Å². The molecule has 0 aromatic carbocycles. The predicted octanol–water partition coefficient (Wildman–Crippen LogP) is 1.84. The van der Waals surface area contributed by atoms with E-state index in [2.05, 4.69) is 10.3 Å². The molecule has 1 amide bonds. The molecule has 7 heteroatoms. The quantitative estimate of drug-likeness (QED) is 0.901. The van der Waals surface area contributed by atoms with Gasteiger partial charge < -0.3 is 15.4 Å². The molecule has 0 aliphatic carbocycles. The van der Waals surface area contributed by atoms with Gasteiger partial charge in [0.05, 0.1) is 17.9 Å². The van der Waals surface area contributed by atoms with Gasteiger partial charge in [-0.2, -0.15) is 0 Å². The summed E-state index contributed by atoms with van der Waals surface area (Å²) in [5, 5.41) is 8.25. The van der Waals surface area contributed by atoms with E-state index in [-0.39, 0.29) is 18.2 Å². The van der Waals surface area contributed by atoms with Crippen molar-refractivity contribution in [1.29, 1.82) is 0 Å². The fourth-order valence-electron chi connectivity index (χ4n) is 3.56. The van der Waals surface area contributed by atoms with E-state index in [9.17, 15) is 4.79 Å². The van der Waals surface area contributed by atoms with Crippen molar-refractivity contribution in [2.45, 2.75) is 76.7 Å². The summed E-state index contributed by atoms with van der Waals surface area (Å²) in [6, 6.07) is 0.775. The number of carbonyl (C=O) groups excluding carboxylic acids is 1. The van der Waals surface area contributed by atoms with Crippen LogP contribution in [0.4, 0.5) is 4.79 Å². The number of carbonyl (C=O) groups is 1. The van der Waals surface area contributed by atoms with Gasteiger partial charge in [0.15, 0.2) is 0 Å². The van der Waals surface area contributed by atoms with Gasteiger partial charge in [-0.05, 0) is 46.5 Å². The minimum Gasteiger partial charge on any atom is -0.444 e. The van der Waals surface area contributed by atoms with Gasteiger partial charge in [0, 0.05) is 18.6 Å². The molecule has 2 fully saturated rings. The summed E-state index contributed by atoms with van der Waals surface area (Å²) in [6.45, 7) is 6.12. The topological polar surface area (TPSA) is 86.3 Å². The first-order chi connectivity index (χ1) is 10.4. The number of nitrogens with zero attached hydrogens (tertiary/aromatic N) is 4. The molecule has 2 bridgehead atoms. The van der Waals surface area contributed by atoms with Gasteiger partial charge >= 0.3 is 6.09 Å². The maximum absolute atomic E-state index is 12.4. The van der Waals surface area contributed by atoms with Crippen molar-refractivity contribution in [2.75, 3.05) is 0 Å². The van der Waals surface area contributed by atoms with Crippen LogP contribution >= 0.6 is 0 Å². The van der Waals surface area contributed by atoms with E-state index in [0.717, 1.165) is 31.4 Å². The molecule has 0 unspecified atom stereocenters. The van der Waals surface area contributed by atoms with Crippen LogP contribution in [0.1, 0.15) is 58.2 Å². The number of ether oxygens (including phenoxy) is 1. The summed E-state index contributed by atoms with van der Waals surface area (Å²) in [6.07, 6.45) is 5.64. The third-order valence-electron chi connectivity index (χ3n) is 4.45. The van der Waals surface area contributed by atoms with E-state index in [1.165, 1.54) is 0 Å². The Morgan fingerprint density at radius 2 is 1.95 bits per heavy atom. The molecule has 2 aliphatic heterocycles. The normalized spacial score (nSPS) is 28.0. The Hall–Kier alpha value is -1.63. The molecule has 0 spiro atoms. The third-order valence-corrected chi connectivity index (χ3v) is 4.45. The van der Waals surface area contributed by atoms with Crippen LogP contribution in [0.15, 0.2) is 6.20 Å². The molecule has 2 saturated heterocycles. The van der Waals surface area contributed by atoms with Crippen molar-refractivity contribution < 1.29 is 9.53 Å². The summed E-state index contributed by atoms with van der Waals surface area (Å²) >= 11 is 0. The number of fused-ring (bicyclic) bond motifs is 2. The molecule has 0 radical (unpaired) electrons. The van der Waals surface area contributed by atoms with Crippen molar-refractivity contribution >= 4 is 6.09 Å². The Morgan fingerprint density at radius 3 is 2.45 bits per heavy atom. The molecular weight excluding hydrogens is 282 g/mol. The highest BCUT2D eigenvalue weighted by Crippen LogP contribution is 2.41. The van der Waals surface area contributed by atoms with Crippen molar-refractivity contribution in [3.63, 3.8) is 0 Å². The zero-order valence-electron chi connectivity index (χ0n) is 13.5. The van der Waals surface area contributed by atoms with Crippen LogP contribution < -0.4 is 5.73 Å². The lowest BCUT2D eigenvalue weighted by atomic mass is 9.98. The fraction of sp³-hybridized carbons (Fsp3) is 0.800. The van der Waals surface area contributed by atoms with Crippen LogP contribution in [0.3, 0.4) is 0 Å². The first kappa shape index (κ1) is 15.3. The first-order valence-electron chi connectivity index (χ1n) is 7.99. The Labute approximate surface area is 130 Å². The molecular formula is C15H25N5O2. The number of hydrogen-bond donors (Lipinski definition) is 1. The molecule has 1 aromatic rings. The van der Waals surface area contributed by atoms with Crippen LogP contribution in [0, 0.1) is 0 Å². The maximum atomic E-state index is 12.4. The van der Waals surface area contributed by atoms with Crippen molar-refractivity contribution in [1.82, 2.24) is 19.9 Å². The summed E-state index contributed by atoms with van der Waals surface area (Å²) in [5.41, 5.74) is 5.95. The highest BCUT2D eigenvalue weighted by molar-refractivity contribution is 5.69. The maximum Gasteiger partial charge on any atom is 0.410 e. The van der Waals surface area contributed by atoms with Gasteiger partial charge in [0.2, 0.25) is 0 Å². The molecule has 1 aromatic heterocycles. The zero-order chi connectivity index (χ0) is 15.9. The molecule has 7 nitrogen and oxygen atoms in total. The van der Waals surface area contributed by atoms with Crippen LogP contribution in [-0.4, -0.2) is 43.7 Å². The molecule has 2 aliphatic rings. The van der Waals surface area contributed by atoms with E-state index in [0.29, 0.717) is 12.6 Å². The molecule has 0 saturated carbocycles. The van der Waals surface area contributed by atoms with Gasteiger partial charge in [-0.3, -0.25) is 0 Å². The lowest BCUT2D eigenvalue weighted by Crippen LogP contribution is -2.48. The summed E-state index contributed by atoms with van der Waals surface area (Å²) in [5.74, 6) is 0. The number of piperidine rings is 1. The van der Waals surface area contributed by atoms with Crippen LogP contribution in [0.2, 0.25) is 0 Å². The summed E-state index contributed by atoms with van der Waals surface area (Å²) in [7, 11) is 0. The largest absolute Gasteiger partial charge is 0.444 e. The van der Waals surface area contributed by atoms with Crippen LogP contribution in [0.5, 0.6) is 0 Å². The Kier molecular flexibility index (Phi) is 3.84. The van der Waals surface area contributed by atoms with Gasteiger partial charge in [0.25, 0.3) is 0 Å². The minimum atomic E-state index is -0.449. The van der Waals surface area contributed by atoms with Gasteiger partial charge in [0.1, 0.15) is 5.60 Å². The monoisotopic (exact) mass is 307 g/mol. The summed E-state index contributed by atoms with van der Waals surface area (Å²) < 4.78 is 7.47. The molecule has 3 rings (SSSR count). The van der Waals surface area contributed by atoms with Gasteiger partial charge in [-0.1, -0.05) is 5.21 Å². The van der Waals surface area contributed by atoms with E-state index < -0.39 is 5.60 Å². The second-order valence-corrected chi connectivity index (χ2v) is 7.29. The smallest absolute Gasteiger partial charge is 0.410 e. The SMILES string of the molecule is CC(C)(C)OC(=O)N1[C@@H]2CC[C@@H]1CC(n1cc(CN)nn1)C2. The van der Waals surface area contributed by atoms with Crippen LogP contribution in [0.25, 0.3) is 0 Å². The first-order valence-corrected chi connectivity index (χ1v) is 7.99. The second-order valence-electron chi connectivity index (χ2n) is 7.29. The predicted molar refractivity (Wildman–Crippen MR) is 81.1 cm³/mol. The number of rotatable bonds is 2. The van der Waals surface area contributed by atoms with Gasteiger partial charge in [-0.25, -0.2) is 9.48 Å². The number of aromatic nitrogens is 3. The Bertz CT molecular complexity index is 536. The number of hydrogen-bond acceptors (Lipinski definition) is 5. The third kappa shape index (κ3) is 2.95. The molecule has 2 atom stereocenters. The highest BCUT2D eigenvalue weighted by atomic mass is 16.6. The minimum absolute atomic E-state index is 0.181. The average Bonchev–Trinajstić information content (AvgIpc) is 3.00. The average molecular weight is 307 g/mol. The van der Waals surface area contributed by atoms with E-state index >= 15 is 0 Å². The van der Waals surface area contributed by atoms with Crippen molar-refractivity contribution in [3.8, 4) is 0 Å². The Morgan fingerprint density at radius 1 is 1.32 bits per heavy atom. The fourth-order valence-corrected chi connectivity index (χ4v) is 3.56. The van der Waals surface area contributed by atoms with E-state index in [1.807, 2.05) is 36.5 Å². The summed E-state index contributed by atoms with van der Waals surface area (Å²) in [4.78, 5) is 14.4. The zero-order valence-corrected chi connectivity index (χ0v) is 13.5. The number of amides is 1. The molecule has 2 N–H and O–H groups in total. The van der Waals surface area contributed by atoms with Crippen LogP contribution in [-0.2, 0) is 11.3 Å². The highest BCUT2D eigenvalue weighted by Gasteiger charge is 2.45. The van der Waals surface area contributed by atoms with Gasteiger partial charge in [-0.15, -0.1) is 5.10 Å². The Balaban J connectivity index is 1.70.